The molecule has 158 valence electrons. The summed E-state index contributed by atoms with van der Waals surface area (Å²) in [5, 5.41) is 12.6. The summed E-state index contributed by atoms with van der Waals surface area (Å²) in [6.07, 6.45) is 2.67. The molecule has 0 aliphatic rings. The quantitative estimate of drug-likeness (QED) is 0.178. The van der Waals surface area contributed by atoms with Gasteiger partial charge < -0.3 is 32.9 Å². The number of thiophene rings is 1. The summed E-state index contributed by atoms with van der Waals surface area (Å²) in [5.74, 6) is -0.257. The van der Waals surface area contributed by atoms with Gasteiger partial charge in [-0.05, 0) is 29.7 Å². The topological polar surface area (TPSA) is 173 Å². The molecule has 0 radical (unpaired) electrons. The van der Waals surface area contributed by atoms with Gasteiger partial charge in [0.2, 0.25) is 5.95 Å². The Morgan fingerprint density at radius 2 is 1.97 bits per heavy atom. The van der Waals surface area contributed by atoms with Gasteiger partial charge in [0.25, 0.3) is 5.91 Å². The Hall–Kier alpha value is -4.44. The highest BCUT2D eigenvalue weighted by molar-refractivity contribution is 7.22. The minimum absolute atomic E-state index is 0.0327. The molecule has 3 aromatic heterocycles. The average Bonchev–Trinajstić information content (AvgIpc) is 3.39. The number of H-pyrrole nitrogens is 1. The van der Waals surface area contributed by atoms with E-state index in [2.05, 4.69) is 32.4 Å². The van der Waals surface area contributed by atoms with Crippen LogP contribution in [0.1, 0.15) is 15.9 Å². The second-order valence-corrected chi connectivity index (χ2v) is 8.25. The first-order valence-electron chi connectivity index (χ1n) is 9.59. The van der Waals surface area contributed by atoms with Crippen molar-refractivity contribution in [3.05, 3.63) is 59.8 Å². The molecule has 5 rings (SSSR count). The standard InChI is InChI=1S/C22H18N8OS/c23-8-11-5-12(7-13(18(11)24)16-6-10-3-1-2-4-15(10)32-16)28-21-17-14(19(25)31)9-27-20(17)29-22(26)30-21/h1-9,23H,24H2,(H2,25,31)(H4,26,27,28,29,30). The molecule has 0 aliphatic heterocycles. The molecule has 0 unspecified atom stereocenters. The Bertz CT molecular complexity index is 1500. The van der Waals surface area contributed by atoms with Gasteiger partial charge in [-0.25, -0.2) is 0 Å². The fourth-order valence-corrected chi connectivity index (χ4v) is 4.75. The molecule has 10 heteroatoms. The summed E-state index contributed by atoms with van der Waals surface area (Å²) >= 11 is 1.62. The molecule has 9 nitrogen and oxygen atoms in total. The Morgan fingerprint density at radius 3 is 2.72 bits per heavy atom. The molecule has 0 saturated heterocycles. The molecule has 0 spiro atoms. The van der Waals surface area contributed by atoms with Gasteiger partial charge in [-0.1, -0.05) is 18.2 Å². The molecule has 9 N–H and O–H groups in total. The maximum atomic E-state index is 11.9. The van der Waals surface area contributed by atoms with Crippen LogP contribution in [-0.2, 0) is 0 Å². The van der Waals surface area contributed by atoms with E-state index in [0.717, 1.165) is 20.5 Å². The minimum atomic E-state index is -0.615. The summed E-state index contributed by atoms with van der Waals surface area (Å²) in [4.78, 5) is 24.1. The van der Waals surface area contributed by atoms with Gasteiger partial charge in [-0.15, -0.1) is 11.3 Å². The van der Waals surface area contributed by atoms with Crippen molar-refractivity contribution in [3.63, 3.8) is 0 Å². The number of rotatable bonds is 5. The van der Waals surface area contributed by atoms with Crippen LogP contribution in [-0.4, -0.2) is 27.1 Å². The molecule has 32 heavy (non-hydrogen) atoms. The largest absolute Gasteiger partial charge is 0.398 e. The number of nitrogen functional groups attached to an aromatic ring is 2. The number of carbonyl (C=O) groups is 1. The van der Waals surface area contributed by atoms with E-state index in [1.165, 1.54) is 12.4 Å². The van der Waals surface area contributed by atoms with Gasteiger partial charge in [0.1, 0.15) is 11.5 Å². The third kappa shape index (κ3) is 3.19. The summed E-state index contributed by atoms with van der Waals surface area (Å²) < 4.78 is 1.14. The third-order valence-electron chi connectivity index (χ3n) is 5.14. The molecular weight excluding hydrogens is 424 g/mol. The molecular formula is C22H18N8OS. The number of benzene rings is 2. The number of primary amides is 1. The molecule has 5 aromatic rings. The number of hydrogen-bond acceptors (Lipinski definition) is 8. The number of fused-ring (bicyclic) bond motifs is 2. The van der Waals surface area contributed by atoms with Crippen molar-refractivity contribution in [1.82, 2.24) is 15.0 Å². The molecule has 0 atom stereocenters. The summed E-state index contributed by atoms with van der Waals surface area (Å²) in [6, 6.07) is 13.8. The number of anilines is 4. The lowest BCUT2D eigenvalue weighted by atomic mass is 10.0. The first-order chi connectivity index (χ1) is 15.4. The molecule has 0 fully saturated rings. The fraction of sp³-hybridized carbons (Fsp3) is 0. The predicted molar refractivity (Wildman–Crippen MR) is 130 cm³/mol. The van der Waals surface area contributed by atoms with Crippen molar-refractivity contribution in [2.75, 3.05) is 16.8 Å². The van der Waals surface area contributed by atoms with E-state index in [4.69, 9.17) is 22.6 Å². The first-order valence-corrected chi connectivity index (χ1v) is 10.4. The van der Waals surface area contributed by atoms with Crippen molar-refractivity contribution in [1.29, 1.82) is 5.41 Å². The third-order valence-corrected chi connectivity index (χ3v) is 6.28. The van der Waals surface area contributed by atoms with Crippen LogP contribution in [0.15, 0.2) is 48.7 Å². The normalized spacial score (nSPS) is 11.1. The van der Waals surface area contributed by atoms with E-state index in [0.29, 0.717) is 33.8 Å². The van der Waals surface area contributed by atoms with E-state index in [1.807, 2.05) is 24.3 Å². The van der Waals surface area contributed by atoms with Crippen LogP contribution >= 0.6 is 11.3 Å². The van der Waals surface area contributed by atoms with Crippen LogP contribution in [0.2, 0.25) is 0 Å². The SMILES string of the molecule is N=Cc1cc(Nc2nc(N)nc3[nH]cc(C(N)=O)c23)cc(-c2cc3ccccc3s2)c1N. The van der Waals surface area contributed by atoms with Crippen LogP contribution in [0, 0.1) is 5.41 Å². The highest BCUT2D eigenvalue weighted by atomic mass is 32.1. The second-order valence-electron chi connectivity index (χ2n) is 7.17. The number of carbonyl (C=O) groups excluding carboxylic acids is 1. The van der Waals surface area contributed by atoms with E-state index >= 15 is 0 Å². The number of hydrogen-bond donors (Lipinski definition) is 6. The Morgan fingerprint density at radius 1 is 1.16 bits per heavy atom. The van der Waals surface area contributed by atoms with Crippen LogP contribution in [0.3, 0.4) is 0 Å². The maximum Gasteiger partial charge on any atom is 0.251 e. The minimum Gasteiger partial charge on any atom is -0.398 e. The first kappa shape index (κ1) is 19.5. The smallest absolute Gasteiger partial charge is 0.251 e. The Kier molecular flexibility index (Phi) is 4.49. The van der Waals surface area contributed by atoms with Gasteiger partial charge >= 0.3 is 0 Å². The number of aromatic nitrogens is 3. The van der Waals surface area contributed by atoms with Crippen LogP contribution in [0.25, 0.3) is 31.6 Å². The van der Waals surface area contributed by atoms with E-state index in [-0.39, 0.29) is 11.5 Å². The molecule has 0 saturated carbocycles. The highest BCUT2D eigenvalue weighted by Crippen LogP contribution is 2.39. The number of aromatic amines is 1. The van der Waals surface area contributed by atoms with Gasteiger partial charge in [-0.2, -0.15) is 9.97 Å². The van der Waals surface area contributed by atoms with Gasteiger partial charge in [0.15, 0.2) is 0 Å². The molecule has 0 aliphatic carbocycles. The molecule has 0 bridgehead atoms. The Labute approximate surface area is 185 Å². The molecule has 2 aromatic carbocycles. The lowest BCUT2D eigenvalue weighted by Gasteiger charge is -2.13. The van der Waals surface area contributed by atoms with Gasteiger partial charge in [0, 0.05) is 44.5 Å². The number of nitrogens with two attached hydrogens (primary N) is 3. The zero-order valence-electron chi connectivity index (χ0n) is 16.6. The van der Waals surface area contributed by atoms with E-state index in [1.54, 1.807) is 17.4 Å². The zero-order valence-corrected chi connectivity index (χ0v) is 17.5. The highest BCUT2D eigenvalue weighted by Gasteiger charge is 2.18. The monoisotopic (exact) mass is 442 g/mol. The van der Waals surface area contributed by atoms with E-state index in [9.17, 15) is 4.79 Å². The lowest BCUT2D eigenvalue weighted by Crippen LogP contribution is -2.11. The van der Waals surface area contributed by atoms with Crippen LogP contribution in [0.4, 0.5) is 23.1 Å². The zero-order chi connectivity index (χ0) is 22.4. The Balaban J connectivity index is 1.67. The summed E-state index contributed by atoms with van der Waals surface area (Å²) in [6.45, 7) is 0. The van der Waals surface area contributed by atoms with Crippen LogP contribution < -0.4 is 22.5 Å². The van der Waals surface area contributed by atoms with E-state index < -0.39 is 5.91 Å². The van der Waals surface area contributed by atoms with Crippen LogP contribution in [0.5, 0.6) is 0 Å². The van der Waals surface area contributed by atoms with Gasteiger partial charge in [-0.3, -0.25) is 4.79 Å². The van der Waals surface area contributed by atoms with Crippen molar-refractivity contribution >= 4 is 67.7 Å². The molecule has 1 amide bonds. The van der Waals surface area contributed by atoms with Crippen molar-refractivity contribution in [2.24, 2.45) is 5.73 Å². The van der Waals surface area contributed by atoms with Crippen molar-refractivity contribution in [3.8, 4) is 10.4 Å². The predicted octanol–water partition coefficient (Wildman–Crippen LogP) is 3.84. The molecule has 3 heterocycles. The van der Waals surface area contributed by atoms with Gasteiger partial charge in [0.05, 0.1) is 10.9 Å². The number of amides is 1. The van der Waals surface area contributed by atoms with Crippen molar-refractivity contribution < 1.29 is 4.79 Å². The van der Waals surface area contributed by atoms with Crippen molar-refractivity contribution in [2.45, 2.75) is 0 Å². The maximum absolute atomic E-state index is 11.9. The fourth-order valence-electron chi connectivity index (χ4n) is 3.66. The summed E-state index contributed by atoms with van der Waals surface area (Å²) in [5.41, 5.74) is 20.9. The summed E-state index contributed by atoms with van der Waals surface area (Å²) in [7, 11) is 0. The second kappa shape index (κ2) is 7.36. The average molecular weight is 443 g/mol. The lowest BCUT2D eigenvalue weighted by molar-refractivity contribution is 0.100. The number of nitrogens with one attached hydrogen (secondary N) is 3. The number of nitrogens with zero attached hydrogens (tertiary/aromatic N) is 2.